The van der Waals surface area contributed by atoms with Gasteiger partial charge < -0.3 is 15.5 Å². The van der Waals surface area contributed by atoms with Crippen LogP contribution in [0.5, 0.6) is 0 Å². The number of aromatic nitrogens is 4. The van der Waals surface area contributed by atoms with E-state index >= 15 is 0 Å². The molecule has 174 valence electrons. The molecular formula is C22H26N6O5. The van der Waals surface area contributed by atoms with E-state index in [9.17, 15) is 19.2 Å². The highest BCUT2D eigenvalue weighted by molar-refractivity contribution is 6.01. The molecule has 33 heavy (non-hydrogen) atoms. The molecule has 0 bridgehead atoms. The largest absolute Gasteiger partial charge is 0.468 e. The number of methoxy groups -OCH3 is 1. The molecular weight excluding hydrogens is 428 g/mol. The lowest BCUT2D eigenvalue weighted by atomic mass is 10.1. The summed E-state index contributed by atoms with van der Waals surface area (Å²) in [6, 6.07) is 8.23. The number of nitrogens with zero attached hydrogens (tertiary/aromatic N) is 3. The SMILES string of the molecule is CCn1c(=O)c(C(=O)CN[C@@H](Cc2cnc[nH]2)C(=O)OC)c(N)n(Cc2ccccc2)c1=O. The Balaban J connectivity index is 1.91. The first kappa shape index (κ1) is 23.7. The van der Waals surface area contributed by atoms with Crippen LogP contribution in [0.4, 0.5) is 5.82 Å². The van der Waals surface area contributed by atoms with Crippen LogP contribution in [-0.4, -0.2) is 50.6 Å². The highest BCUT2D eigenvalue weighted by atomic mass is 16.5. The van der Waals surface area contributed by atoms with Crippen molar-refractivity contribution in [1.29, 1.82) is 0 Å². The molecule has 0 aliphatic heterocycles. The molecule has 0 saturated heterocycles. The molecule has 3 rings (SSSR count). The Morgan fingerprint density at radius 3 is 2.55 bits per heavy atom. The number of esters is 1. The summed E-state index contributed by atoms with van der Waals surface area (Å²) in [5.74, 6) is -1.43. The first-order valence-electron chi connectivity index (χ1n) is 10.4. The van der Waals surface area contributed by atoms with Crippen molar-refractivity contribution in [1.82, 2.24) is 24.4 Å². The first-order valence-corrected chi connectivity index (χ1v) is 10.4. The van der Waals surface area contributed by atoms with Crippen molar-refractivity contribution in [2.75, 3.05) is 19.4 Å². The fraction of sp³-hybridized carbons (Fsp3) is 0.318. The number of benzene rings is 1. The number of carbonyl (C=O) groups excluding carboxylic acids is 2. The molecule has 0 aliphatic carbocycles. The molecule has 11 heteroatoms. The van der Waals surface area contributed by atoms with E-state index in [0.29, 0.717) is 5.69 Å². The second kappa shape index (κ2) is 10.6. The number of rotatable bonds is 10. The summed E-state index contributed by atoms with van der Waals surface area (Å²) in [7, 11) is 1.24. The van der Waals surface area contributed by atoms with Gasteiger partial charge in [0, 0.05) is 24.9 Å². The zero-order valence-electron chi connectivity index (χ0n) is 18.4. The number of nitrogens with one attached hydrogen (secondary N) is 2. The van der Waals surface area contributed by atoms with Gasteiger partial charge in [0.05, 0.1) is 26.5 Å². The number of nitrogens with two attached hydrogens (primary N) is 1. The molecule has 0 amide bonds. The van der Waals surface area contributed by atoms with Gasteiger partial charge in [0.2, 0.25) is 0 Å². The molecule has 11 nitrogen and oxygen atoms in total. The summed E-state index contributed by atoms with van der Waals surface area (Å²) in [4.78, 5) is 57.7. The van der Waals surface area contributed by atoms with Gasteiger partial charge in [0.25, 0.3) is 5.56 Å². The van der Waals surface area contributed by atoms with Crippen molar-refractivity contribution in [2.45, 2.75) is 32.5 Å². The molecule has 1 aromatic carbocycles. The second-order valence-corrected chi connectivity index (χ2v) is 7.32. The fourth-order valence-electron chi connectivity index (χ4n) is 3.48. The van der Waals surface area contributed by atoms with Gasteiger partial charge >= 0.3 is 11.7 Å². The number of H-pyrrole nitrogens is 1. The first-order chi connectivity index (χ1) is 15.9. The highest BCUT2D eigenvalue weighted by Crippen LogP contribution is 2.10. The minimum Gasteiger partial charge on any atom is -0.468 e. The zero-order chi connectivity index (χ0) is 24.0. The predicted molar refractivity (Wildman–Crippen MR) is 121 cm³/mol. The van der Waals surface area contributed by atoms with Crippen molar-refractivity contribution in [3.05, 3.63) is 80.5 Å². The lowest BCUT2D eigenvalue weighted by Gasteiger charge is -2.18. The molecule has 0 aliphatic rings. The summed E-state index contributed by atoms with van der Waals surface area (Å²) in [6.45, 7) is 1.45. The third-order valence-electron chi connectivity index (χ3n) is 5.22. The van der Waals surface area contributed by atoms with Gasteiger partial charge in [-0.05, 0) is 12.5 Å². The number of ether oxygens (including phenoxy) is 1. The monoisotopic (exact) mass is 454 g/mol. The van der Waals surface area contributed by atoms with Crippen LogP contribution in [-0.2, 0) is 29.0 Å². The maximum Gasteiger partial charge on any atom is 0.332 e. The van der Waals surface area contributed by atoms with Crippen molar-refractivity contribution in [2.24, 2.45) is 0 Å². The number of imidazole rings is 1. The standard InChI is InChI=1S/C22H26N6O5/c1-3-27-20(30)18(19(23)28(22(27)32)12-14-7-5-4-6-8-14)17(29)11-25-16(21(31)33-2)9-15-10-24-13-26-15/h4-8,10,13,16,25H,3,9,11-12,23H2,1-2H3,(H,24,26)/t16-/m0/s1. The minimum absolute atomic E-state index is 0.0745. The van der Waals surface area contributed by atoms with E-state index in [1.165, 1.54) is 18.0 Å². The van der Waals surface area contributed by atoms with Crippen molar-refractivity contribution in [3.63, 3.8) is 0 Å². The molecule has 3 aromatic rings. The van der Waals surface area contributed by atoms with E-state index in [1.54, 1.807) is 13.1 Å². The zero-order valence-corrected chi connectivity index (χ0v) is 18.4. The van der Waals surface area contributed by atoms with Gasteiger partial charge in [-0.2, -0.15) is 0 Å². The maximum absolute atomic E-state index is 13.0. The fourth-order valence-corrected chi connectivity index (χ4v) is 3.48. The quantitative estimate of drug-likeness (QED) is 0.284. The highest BCUT2D eigenvalue weighted by Gasteiger charge is 2.25. The normalized spacial score (nSPS) is 11.8. The molecule has 0 fully saturated rings. The van der Waals surface area contributed by atoms with E-state index in [2.05, 4.69) is 15.3 Å². The predicted octanol–water partition coefficient (Wildman–Crippen LogP) is -0.0599. The third-order valence-corrected chi connectivity index (χ3v) is 5.22. The molecule has 0 saturated carbocycles. The Labute approximate surface area is 189 Å². The number of nitrogen functional groups attached to an aromatic ring is 1. The van der Waals surface area contributed by atoms with Crippen molar-refractivity contribution >= 4 is 17.6 Å². The van der Waals surface area contributed by atoms with Gasteiger partial charge in [0.1, 0.15) is 17.4 Å². The summed E-state index contributed by atoms with van der Waals surface area (Å²) in [6.07, 6.45) is 3.22. The van der Waals surface area contributed by atoms with Crippen LogP contribution in [0.3, 0.4) is 0 Å². The van der Waals surface area contributed by atoms with Crippen LogP contribution in [0.15, 0.2) is 52.4 Å². The summed E-state index contributed by atoms with van der Waals surface area (Å²) >= 11 is 0. The van der Waals surface area contributed by atoms with E-state index < -0.39 is 29.0 Å². The topological polar surface area (TPSA) is 154 Å². The van der Waals surface area contributed by atoms with E-state index in [0.717, 1.165) is 10.1 Å². The Bertz CT molecular complexity index is 1230. The van der Waals surface area contributed by atoms with Gasteiger partial charge in [-0.25, -0.2) is 9.78 Å². The Kier molecular flexibility index (Phi) is 7.57. The van der Waals surface area contributed by atoms with E-state index in [-0.39, 0.29) is 37.4 Å². The Morgan fingerprint density at radius 1 is 1.21 bits per heavy atom. The van der Waals surface area contributed by atoms with Gasteiger partial charge in [0.15, 0.2) is 5.78 Å². The van der Waals surface area contributed by atoms with Gasteiger partial charge in [-0.1, -0.05) is 30.3 Å². The Morgan fingerprint density at radius 2 is 1.94 bits per heavy atom. The number of aromatic amines is 1. The second-order valence-electron chi connectivity index (χ2n) is 7.32. The van der Waals surface area contributed by atoms with Crippen LogP contribution >= 0.6 is 0 Å². The maximum atomic E-state index is 13.0. The van der Waals surface area contributed by atoms with Gasteiger partial charge in [-0.15, -0.1) is 0 Å². The minimum atomic E-state index is -0.857. The molecule has 0 radical (unpaired) electrons. The Hall–Kier alpha value is -3.99. The average molecular weight is 454 g/mol. The van der Waals surface area contributed by atoms with Crippen LogP contribution in [0.1, 0.15) is 28.5 Å². The number of carbonyl (C=O) groups is 2. The van der Waals surface area contributed by atoms with Crippen molar-refractivity contribution < 1.29 is 14.3 Å². The third kappa shape index (κ3) is 5.26. The number of anilines is 1. The summed E-state index contributed by atoms with van der Waals surface area (Å²) < 4.78 is 6.97. The van der Waals surface area contributed by atoms with Crippen molar-refractivity contribution in [3.8, 4) is 0 Å². The lowest BCUT2D eigenvalue weighted by molar-refractivity contribution is -0.143. The molecule has 0 spiro atoms. The van der Waals surface area contributed by atoms with Crippen LogP contribution in [0, 0.1) is 0 Å². The lowest BCUT2D eigenvalue weighted by Crippen LogP contribution is -2.47. The van der Waals surface area contributed by atoms with Crippen LogP contribution < -0.4 is 22.3 Å². The summed E-state index contributed by atoms with van der Waals surface area (Å²) in [5.41, 5.74) is 5.94. The van der Waals surface area contributed by atoms with Gasteiger partial charge in [-0.3, -0.25) is 28.8 Å². The molecule has 0 unspecified atom stereocenters. The van der Waals surface area contributed by atoms with E-state index in [4.69, 9.17) is 10.5 Å². The number of Topliss-reactive ketones (excluding diaryl/α,β-unsaturated/α-hetero) is 1. The molecule has 2 aromatic heterocycles. The molecule has 2 heterocycles. The van der Waals surface area contributed by atoms with Crippen LogP contribution in [0.25, 0.3) is 0 Å². The summed E-state index contributed by atoms with van der Waals surface area (Å²) in [5, 5.41) is 2.82. The number of ketones is 1. The van der Waals surface area contributed by atoms with E-state index in [1.807, 2.05) is 30.3 Å². The molecule has 4 N–H and O–H groups in total. The number of hydrogen-bond donors (Lipinski definition) is 3. The molecule has 1 atom stereocenters. The van der Waals surface area contributed by atoms with Crippen LogP contribution in [0.2, 0.25) is 0 Å². The average Bonchev–Trinajstić information content (AvgIpc) is 3.33. The smallest absolute Gasteiger partial charge is 0.332 e. The number of hydrogen-bond acceptors (Lipinski definition) is 8.